The zero-order valence-corrected chi connectivity index (χ0v) is 7.09. The van der Waals surface area contributed by atoms with Gasteiger partial charge in [-0.05, 0) is 13.8 Å². The number of ether oxygens (including phenoxy) is 1. The van der Waals surface area contributed by atoms with E-state index in [1.807, 2.05) is 0 Å². The van der Waals surface area contributed by atoms with Crippen LogP contribution in [0.1, 0.15) is 13.8 Å². The summed E-state index contributed by atoms with van der Waals surface area (Å²) in [6, 6.07) is 0. The molecular formula is C5H10O5S. The van der Waals surface area contributed by atoms with Crippen molar-refractivity contribution in [2.75, 3.05) is 6.61 Å². The van der Waals surface area contributed by atoms with Gasteiger partial charge in [0.05, 0.1) is 6.61 Å². The minimum atomic E-state index is -4.30. The maximum atomic E-state index is 10.6. The molecule has 0 aliphatic rings. The Labute approximate surface area is 65.1 Å². The van der Waals surface area contributed by atoms with Gasteiger partial charge in [-0.2, -0.15) is 8.42 Å². The van der Waals surface area contributed by atoms with Crippen molar-refractivity contribution in [3.05, 3.63) is 0 Å². The average molecular weight is 182 g/mol. The van der Waals surface area contributed by atoms with E-state index in [1.54, 1.807) is 6.92 Å². The van der Waals surface area contributed by atoms with Gasteiger partial charge in [0.1, 0.15) is 0 Å². The van der Waals surface area contributed by atoms with Gasteiger partial charge in [0.2, 0.25) is 0 Å². The Kier molecular flexibility index (Phi) is 3.47. The minimum absolute atomic E-state index is 0.0959. The Morgan fingerprint density at radius 1 is 1.64 bits per heavy atom. The number of hydrogen-bond donors (Lipinski definition) is 1. The Morgan fingerprint density at radius 2 is 2.09 bits per heavy atom. The van der Waals surface area contributed by atoms with Crippen LogP contribution in [0.15, 0.2) is 0 Å². The van der Waals surface area contributed by atoms with Gasteiger partial charge in [0.15, 0.2) is 5.25 Å². The summed E-state index contributed by atoms with van der Waals surface area (Å²) < 4.78 is 33.3. The van der Waals surface area contributed by atoms with Crippen LogP contribution in [-0.2, 0) is 19.6 Å². The standard InChI is InChI=1S/C5H10O5S/c1-3-10-5(6)4(2)11(7,8)9/h4H,3H2,1-2H3,(H,7,8,9)/t4-/m1/s1. The fraction of sp³-hybridized carbons (Fsp3) is 0.800. The largest absolute Gasteiger partial charge is 0.465 e. The van der Waals surface area contributed by atoms with Crippen LogP contribution < -0.4 is 0 Å². The molecule has 0 radical (unpaired) electrons. The predicted molar refractivity (Wildman–Crippen MR) is 37.6 cm³/mol. The molecule has 0 rings (SSSR count). The van der Waals surface area contributed by atoms with Crippen molar-refractivity contribution in [1.29, 1.82) is 0 Å². The highest BCUT2D eigenvalue weighted by molar-refractivity contribution is 7.87. The van der Waals surface area contributed by atoms with E-state index in [0.717, 1.165) is 6.92 Å². The highest BCUT2D eigenvalue weighted by Gasteiger charge is 2.26. The van der Waals surface area contributed by atoms with Crippen LogP contribution in [0.5, 0.6) is 0 Å². The SMILES string of the molecule is CCOC(=O)[C@@H](C)S(=O)(=O)O. The van der Waals surface area contributed by atoms with E-state index in [9.17, 15) is 13.2 Å². The molecular weight excluding hydrogens is 172 g/mol. The first-order valence-electron chi connectivity index (χ1n) is 3.02. The highest BCUT2D eigenvalue weighted by atomic mass is 32.2. The van der Waals surface area contributed by atoms with Crippen LogP contribution in [0.25, 0.3) is 0 Å². The molecule has 0 saturated carbocycles. The van der Waals surface area contributed by atoms with E-state index in [2.05, 4.69) is 4.74 Å². The zero-order valence-electron chi connectivity index (χ0n) is 6.27. The molecule has 0 bridgehead atoms. The van der Waals surface area contributed by atoms with Gasteiger partial charge in [-0.3, -0.25) is 9.35 Å². The lowest BCUT2D eigenvalue weighted by Gasteiger charge is -2.05. The maximum absolute atomic E-state index is 10.6. The molecule has 0 aromatic heterocycles. The summed E-state index contributed by atoms with van der Waals surface area (Å²) in [5, 5.41) is -1.50. The molecule has 1 N–H and O–H groups in total. The predicted octanol–water partition coefficient (Wildman–Crippen LogP) is -0.174. The van der Waals surface area contributed by atoms with Gasteiger partial charge in [-0.15, -0.1) is 0 Å². The molecule has 0 aromatic rings. The topological polar surface area (TPSA) is 80.7 Å². The molecule has 0 aromatic carbocycles. The van der Waals surface area contributed by atoms with E-state index < -0.39 is 21.3 Å². The Morgan fingerprint density at radius 3 is 2.36 bits per heavy atom. The van der Waals surface area contributed by atoms with Crippen molar-refractivity contribution in [2.24, 2.45) is 0 Å². The van der Waals surface area contributed by atoms with Crippen molar-refractivity contribution >= 4 is 16.1 Å². The first kappa shape index (κ1) is 10.4. The van der Waals surface area contributed by atoms with Crippen molar-refractivity contribution < 1.29 is 22.5 Å². The zero-order chi connectivity index (χ0) is 9.07. The second-order valence-corrected chi connectivity index (χ2v) is 3.65. The number of rotatable bonds is 3. The van der Waals surface area contributed by atoms with Gasteiger partial charge in [-0.25, -0.2) is 0 Å². The third kappa shape index (κ3) is 3.33. The van der Waals surface area contributed by atoms with Crippen molar-refractivity contribution in [3.63, 3.8) is 0 Å². The second-order valence-electron chi connectivity index (χ2n) is 1.91. The summed E-state index contributed by atoms with van der Waals surface area (Å²) in [4.78, 5) is 10.6. The first-order valence-corrected chi connectivity index (χ1v) is 4.52. The molecule has 66 valence electrons. The fourth-order valence-corrected chi connectivity index (χ4v) is 0.692. The van der Waals surface area contributed by atoms with Gasteiger partial charge >= 0.3 is 5.97 Å². The van der Waals surface area contributed by atoms with Crippen LogP contribution in [0.2, 0.25) is 0 Å². The smallest absolute Gasteiger partial charge is 0.326 e. The first-order chi connectivity index (χ1) is 4.89. The summed E-state index contributed by atoms with van der Waals surface area (Å²) in [7, 11) is -4.30. The lowest BCUT2D eigenvalue weighted by molar-refractivity contribution is -0.142. The molecule has 0 amide bonds. The number of carbonyl (C=O) groups is 1. The fourth-order valence-electron chi connectivity index (χ4n) is 0.381. The van der Waals surface area contributed by atoms with Gasteiger partial charge < -0.3 is 4.74 Å². The summed E-state index contributed by atoms with van der Waals surface area (Å²) in [6.45, 7) is 2.71. The molecule has 1 atom stereocenters. The number of carbonyl (C=O) groups excluding carboxylic acids is 1. The van der Waals surface area contributed by atoms with E-state index in [0.29, 0.717) is 0 Å². The third-order valence-corrected chi connectivity index (χ3v) is 2.15. The lowest BCUT2D eigenvalue weighted by Crippen LogP contribution is -2.28. The quantitative estimate of drug-likeness (QED) is 0.484. The van der Waals surface area contributed by atoms with Crippen molar-refractivity contribution in [1.82, 2.24) is 0 Å². The molecule has 6 heteroatoms. The summed E-state index contributed by atoms with van der Waals surface area (Å²) in [5.41, 5.74) is 0. The van der Waals surface area contributed by atoms with E-state index in [-0.39, 0.29) is 6.61 Å². The van der Waals surface area contributed by atoms with Crippen LogP contribution in [-0.4, -0.2) is 30.8 Å². The molecule has 0 heterocycles. The maximum Gasteiger partial charge on any atom is 0.326 e. The molecule has 11 heavy (non-hydrogen) atoms. The average Bonchev–Trinajstić information content (AvgIpc) is 1.85. The Bertz CT molecular complexity index is 229. The van der Waals surface area contributed by atoms with Gasteiger partial charge in [0.25, 0.3) is 10.1 Å². The Hall–Kier alpha value is -0.620. The van der Waals surface area contributed by atoms with Crippen LogP contribution >= 0.6 is 0 Å². The van der Waals surface area contributed by atoms with Crippen LogP contribution in [0.4, 0.5) is 0 Å². The normalized spacial score (nSPS) is 14.1. The minimum Gasteiger partial charge on any atom is -0.465 e. The molecule has 0 aliphatic heterocycles. The van der Waals surface area contributed by atoms with E-state index >= 15 is 0 Å². The number of hydrogen-bond acceptors (Lipinski definition) is 4. The monoisotopic (exact) mass is 182 g/mol. The molecule has 0 spiro atoms. The van der Waals surface area contributed by atoms with Crippen molar-refractivity contribution in [2.45, 2.75) is 19.1 Å². The Balaban J connectivity index is 4.27. The van der Waals surface area contributed by atoms with Gasteiger partial charge in [0, 0.05) is 0 Å². The van der Waals surface area contributed by atoms with Gasteiger partial charge in [-0.1, -0.05) is 0 Å². The molecule has 0 fully saturated rings. The van der Waals surface area contributed by atoms with Crippen LogP contribution in [0.3, 0.4) is 0 Å². The molecule has 0 saturated heterocycles. The second kappa shape index (κ2) is 3.68. The van der Waals surface area contributed by atoms with E-state index in [4.69, 9.17) is 4.55 Å². The summed E-state index contributed by atoms with van der Waals surface area (Å²) in [5.74, 6) is -0.935. The van der Waals surface area contributed by atoms with Crippen molar-refractivity contribution in [3.8, 4) is 0 Å². The third-order valence-electron chi connectivity index (χ3n) is 1.07. The summed E-state index contributed by atoms with van der Waals surface area (Å²) >= 11 is 0. The van der Waals surface area contributed by atoms with Crippen LogP contribution in [0, 0.1) is 0 Å². The summed E-state index contributed by atoms with van der Waals surface area (Å²) in [6.07, 6.45) is 0. The highest BCUT2D eigenvalue weighted by Crippen LogP contribution is 1.99. The van der Waals surface area contributed by atoms with E-state index in [1.165, 1.54) is 0 Å². The number of esters is 1. The molecule has 5 nitrogen and oxygen atoms in total. The molecule has 0 unspecified atom stereocenters. The lowest BCUT2D eigenvalue weighted by atomic mass is 10.5. The molecule has 0 aliphatic carbocycles.